The summed E-state index contributed by atoms with van der Waals surface area (Å²) >= 11 is 6.21. The van der Waals surface area contributed by atoms with Gasteiger partial charge in [-0.1, -0.05) is 11.6 Å². The number of benzene rings is 2. The van der Waals surface area contributed by atoms with Gasteiger partial charge in [0.2, 0.25) is 0 Å². The zero-order valence-corrected chi connectivity index (χ0v) is 11.7. The molecule has 0 N–H and O–H groups in total. The fourth-order valence-corrected chi connectivity index (χ4v) is 3.01. The monoisotopic (exact) mass is 300 g/mol. The highest BCUT2D eigenvalue weighted by Gasteiger charge is 2.25. The molecule has 0 radical (unpaired) electrons. The zero-order chi connectivity index (χ0) is 14.6. The van der Waals surface area contributed by atoms with Crippen molar-refractivity contribution in [1.82, 2.24) is 9.55 Å². The van der Waals surface area contributed by atoms with Crippen molar-refractivity contribution in [3.63, 3.8) is 0 Å². The van der Waals surface area contributed by atoms with Gasteiger partial charge in [-0.2, -0.15) is 0 Å². The smallest absolute Gasteiger partial charge is 0.166 e. The first-order chi connectivity index (χ1) is 10.1. The molecule has 2 heterocycles. The Morgan fingerprint density at radius 2 is 1.90 bits per heavy atom. The number of aryl methyl sites for hydroxylation is 1. The maximum Gasteiger partial charge on any atom is 0.166 e. The van der Waals surface area contributed by atoms with Gasteiger partial charge in [-0.25, -0.2) is 9.37 Å². The Bertz CT molecular complexity index is 883. The molecule has 0 saturated heterocycles. The van der Waals surface area contributed by atoms with Gasteiger partial charge >= 0.3 is 0 Å². The van der Waals surface area contributed by atoms with Crippen LogP contribution in [0.2, 0.25) is 5.02 Å². The van der Waals surface area contributed by atoms with E-state index in [1.807, 2.05) is 4.57 Å². The largest absolute Gasteiger partial charge is 0.323 e. The van der Waals surface area contributed by atoms with Crippen LogP contribution in [0, 0.1) is 5.82 Å². The van der Waals surface area contributed by atoms with Crippen molar-refractivity contribution in [2.24, 2.45) is 0 Å². The van der Waals surface area contributed by atoms with E-state index in [0.29, 0.717) is 34.9 Å². The van der Waals surface area contributed by atoms with Crippen LogP contribution in [0.15, 0.2) is 36.4 Å². The molecule has 0 fully saturated rings. The Hall–Kier alpha value is -2.20. The highest BCUT2D eigenvalue weighted by atomic mass is 35.5. The second-order valence-electron chi connectivity index (χ2n) is 5.06. The highest BCUT2D eigenvalue weighted by Crippen LogP contribution is 2.34. The molecule has 1 aromatic heterocycles. The van der Waals surface area contributed by atoms with E-state index in [9.17, 15) is 9.18 Å². The molecule has 0 spiro atoms. The summed E-state index contributed by atoms with van der Waals surface area (Å²) in [5.74, 6) is 0.531. The number of rotatable bonds is 1. The standard InChI is InChI=1S/C16H10ClFN2O/c17-12-6-5-11-13(21)7-8-20-15(11)14(12)19-16(20)9-1-3-10(18)4-2-9/h1-6H,7-8H2. The van der Waals surface area contributed by atoms with E-state index in [0.717, 1.165) is 11.1 Å². The summed E-state index contributed by atoms with van der Waals surface area (Å²) in [5, 5.41) is 0.519. The van der Waals surface area contributed by atoms with Crippen LogP contribution < -0.4 is 0 Å². The van der Waals surface area contributed by atoms with Gasteiger partial charge in [0.25, 0.3) is 0 Å². The Balaban J connectivity index is 2.06. The molecule has 0 saturated carbocycles. The summed E-state index contributed by atoms with van der Waals surface area (Å²) in [6.45, 7) is 0.565. The Kier molecular flexibility index (Phi) is 2.62. The SMILES string of the molecule is O=C1CCn2c(-c3ccc(F)cc3)nc3c(Cl)ccc1c32. The molecule has 4 rings (SSSR count). The van der Waals surface area contributed by atoms with Gasteiger partial charge in [0, 0.05) is 24.1 Å². The van der Waals surface area contributed by atoms with Crippen LogP contribution >= 0.6 is 11.6 Å². The van der Waals surface area contributed by atoms with Gasteiger partial charge in [0.15, 0.2) is 5.78 Å². The molecular formula is C16H10ClFN2O. The number of carbonyl (C=O) groups excluding carboxylic acids is 1. The fourth-order valence-electron chi connectivity index (χ4n) is 2.82. The van der Waals surface area contributed by atoms with E-state index >= 15 is 0 Å². The molecule has 0 bridgehead atoms. The third-order valence-electron chi connectivity index (χ3n) is 3.81. The lowest BCUT2D eigenvalue weighted by Gasteiger charge is -2.16. The molecule has 21 heavy (non-hydrogen) atoms. The normalized spacial score (nSPS) is 13.9. The predicted molar refractivity (Wildman–Crippen MR) is 79.1 cm³/mol. The van der Waals surface area contributed by atoms with E-state index in [1.165, 1.54) is 12.1 Å². The van der Waals surface area contributed by atoms with Crippen LogP contribution in [-0.2, 0) is 6.54 Å². The lowest BCUT2D eigenvalue weighted by Crippen LogP contribution is -2.14. The van der Waals surface area contributed by atoms with Gasteiger partial charge in [-0.3, -0.25) is 4.79 Å². The van der Waals surface area contributed by atoms with Gasteiger partial charge in [0.1, 0.15) is 17.2 Å². The van der Waals surface area contributed by atoms with Crippen molar-refractivity contribution in [3.05, 3.63) is 52.8 Å². The molecule has 1 aliphatic rings. The van der Waals surface area contributed by atoms with Crippen molar-refractivity contribution in [2.75, 3.05) is 0 Å². The van der Waals surface area contributed by atoms with Crippen molar-refractivity contribution in [1.29, 1.82) is 0 Å². The molecule has 5 heteroatoms. The van der Waals surface area contributed by atoms with Crippen molar-refractivity contribution in [3.8, 4) is 11.4 Å². The third-order valence-corrected chi connectivity index (χ3v) is 4.12. The Morgan fingerprint density at radius 3 is 2.67 bits per heavy atom. The topological polar surface area (TPSA) is 34.9 Å². The lowest BCUT2D eigenvalue weighted by atomic mass is 10.0. The fraction of sp³-hybridized carbons (Fsp3) is 0.125. The summed E-state index contributed by atoms with van der Waals surface area (Å²) in [6.07, 6.45) is 0.439. The summed E-state index contributed by atoms with van der Waals surface area (Å²) in [4.78, 5) is 16.6. The quantitative estimate of drug-likeness (QED) is 0.678. The number of halogens is 2. The van der Waals surface area contributed by atoms with E-state index < -0.39 is 0 Å². The number of ketones is 1. The molecular weight excluding hydrogens is 291 g/mol. The van der Waals surface area contributed by atoms with E-state index in [4.69, 9.17) is 11.6 Å². The Morgan fingerprint density at radius 1 is 1.14 bits per heavy atom. The number of carbonyl (C=O) groups is 1. The lowest BCUT2D eigenvalue weighted by molar-refractivity contribution is 0.0973. The van der Waals surface area contributed by atoms with E-state index in [1.54, 1.807) is 24.3 Å². The summed E-state index contributed by atoms with van der Waals surface area (Å²) in [5.41, 5.74) is 2.87. The second kappa shape index (κ2) is 4.40. The number of imidazole rings is 1. The van der Waals surface area contributed by atoms with E-state index in [-0.39, 0.29) is 11.6 Å². The molecule has 2 aromatic carbocycles. The first kappa shape index (κ1) is 12.5. The van der Waals surface area contributed by atoms with Crippen LogP contribution in [0.25, 0.3) is 22.4 Å². The molecule has 0 aliphatic carbocycles. The van der Waals surface area contributed by atoms with Crippen molar-refractivity contribution < 1.29 is 9.18 Å². The number of hydrogen-bond acceptors (Lipinski definition) is 2. The first-order valence-corrected chi connectivity index (χ1v) is 7.01. The minimum atomic E-state index is -0.289. The van der Waals surface area contributed by atoms with Crippen molar-refractivity contribution >= 4 is 28.4 Å². The van der Waals surface area contributed by atoms with Crippen LogP contribution in [0.4, 0.5) is 4.39 Å². The zero-order valence-electron chi connectivity index (χ0n) is 10.9. The second-order valence-corrected chi connectivity index (χ2v) is 5.47. The third kappa shape index (κ3) is 1.79. The van der Waals surface area contributed by atoms with Gasteiger partial charge in [-0.05, 0) is 36.4 Å². The summed E-state index contributed by atoms with van der Waals surface area (Å²) in [6, 6.07) is 9.62. The maximum atomic E-state index is 13.1. The summed E-state index contributed by atoms with van der Waals surface area (Å²) < 4.78 is 15.1. The van der Waals surface area contributed by atoms with Crippen LogP contribution in [-0.4, -0.2) is 15.3 Å². The average molecular weight is 301 g/mol. The molecule has 104 valence electrons. The van der Waals surface area contributed by atoms with Crippen LogP contribution in [0.1, 0.15) is 16.8 Å². The predicted octanol–water partition coefficient (Wildman–Crippen LogP) is 4.08. The number of aromatic nitrogens is 2. The van der Waals surface area contributed by atoms with E-state index in [2.05, 4.69) is 4.98 Å². The average Bonchev–Trinajstić information content (AvgIpc) is 2.87. The number of nitrogens with zero attached hydrogens (tertiary/aromatic N) is 2. The number of Topliss-reactive ketones (excluding diaryl/α,β-unsaturated/α-hetero) is 1. The number of hydrogen-bond donors (Lipinski definition) is 0. The molecule has 3 nitrogen and oxygen atoms in total. The van der Waals surface area contributed by atoms with Gasteiger partial charge in [-0.15, -0.1) is 0 Å². The molecule has 1 aliphatic heterocycles. The van der Waals surface area contributed by atoms with Crippen LogP contribution in [0.5, 0.6) is 0 Å². The molecule has 0 amide bonds. The van der Waals surface area contributed by atoms with Gasteiger partial charge < -0.3 is 4.57 Å². The molecule has 0 unspecified atom stereocenters. The van der Waals surface area contributed by atoms with Crippen molar-refractivity contribution in [2.45, 2.75) is 13.0 Å². The maximum absolute atomic E-state index is 13.1. The molecule has 0 atom stereocenters. The van der Waals surface area contributed by atoms with Crippen LogP contribution in [0.3, 0.4) is 0 Å². The minimum Gasteiger partial charge on any atom is -0.323 e. The summed E-state index contributed by atoms with van der Waals surface area (Å²) in [7, 11) is 0. The Labute approximate surface area is 125 Å². The molecule has 3 aromatic rings. The minimum absolute atomic E-state index is 0.106. The first-order valence-electron chi connectivity index (χ1n) is 6.63. The van der Waals surface area contributed by atoms with Gasteiger partial charge in [0.05, 0.1) is 10.5 Å². The highest BCUT2D eigenvalue weighted by molar-refractivity contribution is 6.35.